The van der Waals surface area contributed by atoms with Crippen LogP contribution in [0.5, 0.6) is 17.2 Å². The SMILES string of the molecule is COc1cccc(/C=C/C(=O)NNC(=O)[C@@H](C)Oc2ccc(F)cc2)c1OC. The Labute approximate surface area is 162 Å². The number of nitrogens with one attached hydrogen (secondary N) is 2. The van der Waals surface area contributed by atoms with Crippen LogP contribution in [-0.4, -0.2) is 32.1 Å². The Hall–Kier alpha value is -3.55. The number of methoxy groups -OCH3 is 2. The number of amides is 2. The lowest BCUT2D eigenvalue weighted by Crippen LogP contribution is -2.46. The van der Waals surface area contributed by atoms with Crippen molar-refractivity contribution in [3.05, 3.63) is 59.9 Å². The van der Waals surface area contributed by atoms with E-state index < -0.39 is 23.7 Å². The summed E-state index contributed by atoms with van der Waals surface area (Å²) in [5, 5.41) is 0. The topological polar surface area (TPSA) is 85.9 Å². The molecule has 0 radical (unpaired) electrons. The molecular formula is C20H21FN2O5. The van der Waals surface area contributed by atoms with Crippen molar-refractivity contribution in [3.8, 4) is 17.2 Å². The van der Waals surface area contributed by atoms with Gasteiger partial charge in [0.15, 0.2) is 17.6 Å². The Balaban J connectivity index is 1.88. The van der Waals surface area contributed by atoms with Crippen molar-refractivity contribution in [3.63, 3.8) is 0 Å². The van der Waals surface area contributed by atoms with Gasteiger partial charge in [0, 0.05) is 11.6 Å². The molecule has 0 aliphatic heterocycles. The molecule has 2 amide bonds. The molecule has 0 unspecified atom stereocenters. The van der Waals surface area contributed by atoms with Crippen molar-refractivity contribution in [1.82, 2.24) is 10.9 Å². The summed E-state index contributed by atoms with van der Waals surface area (Å²) in [6.45, 7) is 1.50. The van der Waals surface area contributed by atoms with Crippen LogP contribution in [-0.2, 0) is 9.59 Å². The lowest BCUT2D eigenvalue weighted by Gasteiger charge is -2.14. The van der Waals surface area contributed by atoms with Crippen molar-refractivity contribution in [2.24, 2.45) is 0 Å². The normalized spacial score (nSPS) is 11.6. The van der Waals surface area contributed by atoms with Gasteiger partial charge in [0.25, 0.3) is 11.8 Å². The Kier molecular flexibility index (Phi) is 7.38. The molecule has 148 valence electrons. The van der Waals surface area contributed by atoms with Crippen molar-refractivity contribution < 1.29 is 28.2 Å². The number of rotatable bonds is 7. The van der Waals surface area contributed by atoms with Gasteiger partial charge in [-0.05, 0) is 43.3 Å². The molecule has 0 saturated heterocycles. The van der Waals surface area contributed by atoms with Gasteiger partial charge in [-0.25, -0.2) is 4.39 Å². The smallest absolute Gasteiger partial charge is 0.279 e. The summed E-state index contributed by atoms with van der Waals surface area (Å²) in [5.41, 5.74) is 5.15. The number of hydrazine groups is 1. The largest absolute Gasteiger partial charge is 0.493 e. The molecule has 0 bridgehead atoms. The molecule has 2 aromatic rings. The highest BCUT2D eigenvalue weighted by molar-refractivity contribution is 5.94. The molecule has 0 saturated carbocycles. The van der Waals surface area contributed by atoms with E-state index in [-0.39, 0.29) is 0 Å². The first-order chi connectivity index (χ1) is 13.4. The molecule has 8 heteroatoms. The van der Waals surface area contributed by atoms with E-state index in [9.17, 15) is 14.0 Å². The quantitative estimate of drug-likeness (QED) is 0.562. The molecule has 2 rings (SSSR count). The lowest BCUT2D eigenvalue weighted by atomic mass is 10.1. The molecule has 28 heavy (non-hydrogen) atoms. The van der Waals surface area contributed by atoms with Gasteiger partial charge in [-0.2, -0.15) is 0 Å². The zero-order valence-corrected chi connectivity index (χ0v) is 15.7. The summed E-state index contributed by atoms with van der Waals surface area (Å²) < 4.78 is 28.7. The van der Waals surface area contributed by atoms with Crippen molar-refractivity contribution >= 4 is 17.9 Å². The van der Waals surface area contributed by atoms with E-state index in [2.05, 4.69) is 10.9 Å². The minimum absolute atomic E-state index is 0.334. The zero-order chi connectivity index (χ0) is 20.5. The second-order valence-electron chi connectivity index (χ2n) is 5.61. The molecular weight excluding hydrogens is 367 g/mol. The average Bonchev–Trinajstić information content (AvgIpc) is 2.71. The van der Waals surface area contributed by atoms with Crippen LogP contribution in [0.4, 0.5) is 4.39 Å². The highest BCUT2D eigenvalue weighted by atomic mass is 19.1. The summed E-state index contributed by atoms with van der Waals surface area (Å²) in [5.74, 6) is -0.168. The van der Waals surface area contributed by atoms with Crippen LogP contribution in [0.1, 0.15) is 12.5 Å². The van der Waals surface area contributed by atoms with Gasteiger partial charge >= 0.3 is 0 Å². The number of para-hydroxylation sites is 1. The predicted molar refractivity (Wildman–Crippen MR) is 101 cm³/mol. The molecule has 7 nitrogen and oxygen atoms in total. The number of ether oxygens (including phenoxy) is 3. The number of hydrogen-bond acceptors (Lipinski definition) is 5. The maximum absolute atomic E-state index is 12.9. The fourth-order valence-corrected chi connectivity index (χ4v) is 2.25. The van der Waals surface area contributed by atoms with Crippen molar-refractivity contribution in [2.45, 2.75) is 13.0 Å². The summed E-state index contributed by atoms with van der Waals surface area (Å²) >= 11 is 0. The van der Waals surface area contributed by atoms with E-state index in [1.165, 1.54) is 57.6 Å². The van der Waals surface area contributed by atoms with Crippen molar-refractivity contribution in [2.75, 3.05) is 14.2 Å². The maximum Gasteiger partial charge on any atom is 0.279 e. The van der Waals surface area contributed by atoms with Gasteiger partial charge in [-0.15, -0.1) is 0 Å². The maximum atomic E-state index is 12.9. The van der Waals surface area contributed by atoms with Gasteiger partial charge in [-0.1, -0.05) is 12.1 Å². The second-order valence-corrected chi connectivity index (χ2v) is 5.61. The number of benzene rings is 2. The van der Waals surface area contributed by atoms with E-state index in [1.54, 1.807) is 18.2 Å². The third kappa shape index (κ3) is 5.73. The van der Waals surface area contributed by atoms with E-state index >= 15 is 0 Å². The third-order valence-electron chi connectivity index (χ3n) is 3.65. The van der Waals surface area contributed by atoms with E-state index in [0.717, 1.165) is 0 Å². The first-order valence-electron chi connectivity index (χ1n) is 8.35. The molecule has 0 spiro atoms. The van der Waals surface area contributed by atoms with E-state index in [4.69, 9.17) is 14.2 Å². The highest BCUT2D eigenvalue weighted by Gasteiger charge is 2.15. The minimum atomic E-state index is -0.895. The fraction of sp³-hybridized carbons (Fsp3) is 0.200. The summed E-state index contributed by atoms with van der Waals surface area (Å²) in [4.78, 5) is 23.9. The van der Waals surface area contributed by atoms with Gasteiger partial charge in [0.2, 0.25) is 0 Å². The minimum Gasteiger partial charge on any atom is -0.493 e. The monoisotopic (exact) mass is 388 g/mol. The van der Waals surface area contributed by atoms with Gasteiger partial charge in [0.1, 0.15) is 11.6 Å². The van der Waals surface area contributed by atoms with E-state index in [1.807, 2.05) is 0 Å². The predicted octanol–water partition coefficient (Wildman–Crippen LogP) is 2.47. The Morgan fingerprint density at radius 2 is 1.75 bits per heavy atom. The van der Waals surface area contributed by atoms with Gasteiger partial charge in [0.05, 0.1) is 14.2 Å². The molecule has 0 aliphatic carbocycles. The lowest BCUT2D eigenvalue weighted by molar-refractivity contribution is -0.131. The molecule has 1 atom stereocenters. The zero-order valence-electron chi connectivity index (χ0n) is 15.7. The number of halogens is 1. The molecule has 2 aromatic carbocycles. The van der Waals surface area contributed by atoms with Gasteiger partial charge < -0.3 is 14.2 Å². The molecule has 2 N–H and O–H groups in total. The Morgan fingerprint density at radius 1 is 1.04 bits per heavy atom. The number of carbonyl (C=O) groups is 2. The van der Waals surface area contributed by atoms with Crippen LogP contribution in [0.3, 0.4) is 0 Å². The number of carbonyl (C=O) groups excluding carboxylic acids is 2. The first-order valence-corrected chi connectivity index (χ1v) is 8.35. The van der Waals surface area contributed by atoms with Gasteiger partial charge in [-0.3, -0.25) is 20.4 Å². The first kappa shape index (κ1) is 20.8. The second kappa shape index (κ2) is 9.96. The van der Waals surface area contributed by atoms with Crippen LogP contribution >= 0.6 is 0 Å². The molecule has 0 fully saturated rings. The Morgan fingerprint density at radius 3 is 2.39 bits per heavy atom. The van der Waals surface area contributed by atoms with Crippen LogP contribution in [0.2, 0.25) is 0 Å². The summed E-state index contributed by atoms with van der Waals surface area (Å²) in [7, 11) is 3.01. The molecule has 0 aliphatic rings. The molecule has 0 aromatic heterocycles. The van der Waals surface area contributed by atoms with Crippen molar-refractivity contribution in [1.29, 1.82) is 0 Å². The van der Waals surface area contributed by atoms with Crippen LogP contribution in [0.15, 0.2) is 48.5 Å². The summed E-state index contributed by atoms with van der Waals surface area (Å²) in [6.07, 6.45) is 1.87. The van der Waals surface area contributed by atoms with Crippen LogP contribution < -0.4 is 25.1 Å². The molecule has 0 heterocycles. The Bertz CT molecular complexity index is 852. The fourth-order valence-electron chi connectivity index (χ4n) is 2.25. The average molecular weight is 388 g/mol. The van der Waals surface area contributed by atoms with E-state index in [0.29, 0.717) is 22.8 Å². The highest BCUT2D eigenvalue weighted by Crippen LogP contribution is 2.31. The van der Waals surface area contributed by atoms with Crippen LogP contribution in [0, 0.1) is 5.82 Å². The van der Waals surface area contributed by atoms with Crippen LogP contribution in [0.25, 0.3) is 6.08 Å². The standard InChI is InChI=1S/C20H21FN2O5/c1-13(28-16-10-8-15(21)9-11-16)20(25)23-22-18(24)12-7-14-5-4-6-17(26-2)19(14)27-3/h4-13H,1-3H3,(H,22,24)(H,23,25)/b12-7+/t13-/m1/s1. The third-order valence-corrected chi connectivity index (χ3v) is 3.65. The number of hydrogen-bond donors (Lipinski definition) is 2. The summed E-state index contributed by atoms with van der Waals surface area (Å²) in [6, 6.07) is 10.5.